The van der Waals surface area contributed by atoms with Crippen LogP contribution in [0.2, 0.25) is 0 Å². The highest BCUT2D eigenvalue weighted by atomic mass is 35.5. The largest absolute Gasteiger partial charge is 0.340 e. The van der Waals surface area contributed by atoms with Crippen LogP contribution in [0, 0.1) is 5.92 Å². The molecule has 3 rings (SSSR count). The SMILES string of the molecule is CC1CCCN1C(=O)[C@H]1CNC[C@@H]1c1cnn(C)c1.Cl. The predicted octanol–water partition coefficient (Wildman–Crippen LogP) is 1.16. The smallest absolute Gasteiger partial charge is 0.227 e. The monoisotopic (exact) mass is 298 g/mol. The quantitative estimate of drug-likeness (QED) is 0.891. The van der Waals surface area contributed by atoms with Gasteiger partial charge in [0.1, 0.15) is 0 Å². The van der Waals surface area contributed by atoms with Crippen LogP contribution < -0.4 is 5.32 Å². The van der Waals surface area contributed by atoms with Crippen LogP contribution in [0.15, 0.2) is 12.4 Å². The van der Waals surface area contributed by atoms with Gasteiger partial charge in [-0.15, -0.1) is 12.4 Å². The van der Waals surface area contributed by atoms with Crippen molar-refractivity contribution in [3.05, 3.63) is 18.0 Å². The molecule has 3 atom stereocenters. The molecule has 0 radical (unpaired) electrons. The first kappa shape index (κ1) is 15.3. The Morgan fingerprint density at radius 2 is 2.25 bits per heavy atom. The fraction of sp³-hybridized carbons (Fsp3) is 0.714. The molecule has 1 aromatic rings. The van der Waals surface area contributed by atoms with E-state index in [0.29, 0.717) is 11.9 Å². The maximum absolute atomic E-state index is 12.7. The minimum Gasteiger partial charge on any atom is -0.340 e. The second-order valence-electron chi connectivity index (χ2n) is 5.84. The molecule has 6 heteroatoms. The summed E-state index contributed by atoms with van der Waals surface area (Å²) in [5.41, 5.74) is 1.18. The standard InChI is InChI=1S/C14H22N4O.ClH/c1-10-4-3-5-18(10)14(19)13-8-15-7-12(13)11-6-16-17(2)9-11;/h6,9-10,12-13,15H,3-5,7-8H2,1-2H3;1H/t10?,12-,13+;/m1./s1. The van der Waals surface area contributed by atoms with Crippen molar-refractivity contribution in [1.82, 2.24) is 20.0 Å². The van der Waals surface area contributed by atoms with Gasteiger partial charge in [0.25, 0.3) is 0 Å². The topological polar surface area (TPSA) is 50.2 Å². The lowest BCUT2D eigenvalue weighted by Gasteiger charge is -2.27. The van der Waals surface area contributed by atoms with Gasteiger partial charge in [0.2, 0.25) is 5.91 Å². The molecule has 0 saturated carbocycles. The minimum atomic E-state index is 0. The van der Waals surface area contributed by atoms with Crippen LogP contribution in [-0.2, 0) is 11.8 Å². The van der Waals surface area contributed by atoms with E-state index in [2.05, 4.69) is 22.2 Å². The summed E-state index contributed by atoms with van der Waals surface area (Å²) in [6.45, 7) is 4.76. The first-order chi connectivity index (χ1) is 9.16. The number of rotatable bonds is 2. The lowest BCUT2D eigenvalue weighted by molar-refractivity contribution is -0.135. The molecule has 5 nitrogen and oxygen atoms in total. The number of carbonyl (C=O) groups is 1. The van der Waals surface area contributed by atoms with E-state index in [1.54, 1.807) is 0 Å². The molecule has 0 spiro atoms. The molecule has 2 fully saturated rings. The van der Waals surface area contributed by atoms with Gasteiger partial charge in [-0.1, -0.05) is 0 Å². The van der Waals surface area contributed by atoms with Crippen molar-refractivity contribution < 1.29 is 4.79 Å². The summed E-state index contributed by atoms with van der Waals surface area (Å²) >= 11 is 0. The average Bonchev–Trinajstić information content (AvgIpc) is 3.07. The second kappa shape index (κ2) is 6.14. The van der Waals surface area contributed by atoms with Crippen LogP contribution >= 0.6 is 12.4 Å². The lowest BCUT2D eigenvalue weighted by Crippen LogP contribution is -2.40. The Morgan fingerprint density at radius 1 is 1.45 bits per heavy atom. The summed E-state index contributed by atoms with van der Waals surface area (Å²) in [4.78, 5) is 14.8. The molecule has 0 aliphatic carbocycles. The third-order valence-corrected chi connectivity index (χ3v) is 4.52. The van der Waals surface area contributed by atoms with Crippen LogP contribution in [-0.4, -0.2) is 46.3 Å². The fourth-order valence-corrected chi connectivity index (χ4v) is 3.39. The van der Waals surface area contributed by atoms with Gasteiger partial charge in [-0.3, -0.25) is 9.48 Å². The molecule has 2 aliphatic heterocycles. The van der Waals surface area contributed by atoms with Gasteiger partial charge in [0.05, 0.1) is 12.1 Å². The Hall–Kier alpha value is -1.07. The van der Waals surface area contributed by atoms with Gasteiger partial charge < -0.3 is 10.2 Å². The van der Waals surface area contributed by atoms with Crippen molar-refractivity contribution in [3.63, 3.8) is 0 Å². The number of nitrogens with zero attached hydrogens (tertiary/aromatic N) is 3. The second-order valence-corrected chi connectivity index (χ2v) is 5.84. The maximum Gasteiger partial charge on any atom is 0.227 e. The average molecular weight is 299 g/mol. The number of amides is 1. The minimum absolute atomic E-state index is 0. The van der Waals surface area contributed by atoms with Crippen molar-refractivity contribution in [3.8, 4) is 0 Å². The summed E-state index contributed by atoms with van der Waals surface area (Å²) in [5, 5.41) is 7.60. The molecule has 20 heavy (non-hydrogen) atoms. The molecule has 1 N–H and O–H groups in total. The molecule has 1 aromatic heterocycles. The number of hydrogen-bond donors (Lipinski definition) is 1. The van der Waals surface area contributed by atoms with Gasteiger partial charge in [-0.05, 0) is 25.3 Å². The van der Waals surface area contributed by atoms with Crippen molar-refractivity contribution >= 4 is 18.3 Å². The molecular formula is C14H23ClN4O. The van der Waals surface area contributed by atoms with E-state index in [1.807, 2.05) is 24.1 Å². The van der Waals surface area contributed by atoms with Crippen LogP contribution in [0.25, 0.3) is 0 Å². The van der Waals surface area contributed by atoms with Gasteiger partial charge in [0, 0.05) is 44.8 Å². The summed E-state index contributed by atoms with van der Waals surface area (Å²) in [7, 11) is 1.92. The molecule has 3 heterocycles. The zero-order valence-electron chi connectivity index (χ0n) is 12.1. The number of likely N-dealkylation sites (tertiary alicyclic amines) is 1. The van der Waals surface area contributed by atoms with E-state index >= 15 is 0 Å². The molecule has 112 valence electrons. The number of aryl methyl sites for hydroxylation is 1. The van der Waals surface area contributed by atoms with Crippen LogP contribution in [0.4, 0.5) is 0 Å². The number of halogens is 1. The fourth-order valence-electron chi connectivity index (χ4n) is 3.39. The maximum atomic E-state index is 12.7. The zero-order valence-corrected chi connectivity index (χ0v) is 12.9. The summed E-state index contributed by atoms with van der Waals surface area (Å²) in [5.74, 6) is 0.669. The molecule has 1 unspecified atom stereocenters. The van der Waals surface area contributed by atoms with Crippen molar-refractivity contribution in [2.45, 2.75) is 31.7 Å². The summed E-state index contributed by atoms with van der Waals surface area (Å²) < 4.78 is 1.81. The molecule has 0 bridgehead atoms. The number of carbonyl (C=O) groups excluding carboxylic acids is 1. The molecule has 2 saturated heterocycles. The van der Waals surface area contributed by atoms with Gasteiger partial charge in [0.15, 0.2) is 0 Å². The Bertz CT molecular complexity index is 475. The molecular weight excluding hydrogens is 276 g/mol. The van der Waals surface area contributed by atoms with E-state index in [-0.39, 0.29) is 24.2 Å². The van der Waals surface area contributed by atoms with Gasteiger partial charge in [-0.25, -0.2) is 0 Å². The molecule has 1 amide bonds. The summed E-state index contributed by atoms with van der Waals surface area (Å²) in [6.07, 6.45) is 6.21. The van der Waals surface area contributed by atoms with E-state index in [9.17, 15) is 4.79 Å². The highest BCUT2D eigenvalue weighted by Gasteiger charge is 2.39. The Balaban J connectivity index is 0.00000147. The first-order valence-electron chi connectivity index (χ1n) is 7.16. The third-order valence-electron chi connectivity index (χ3n) is 4.52. The van der Waals surface area contributed by atoms with Crippen LogP contribution in [0.3, 0.4) is 0 Å². The van der Waals surface area contributed by atoms with Crippen molar-refractivity contribution in [1.29, 1.82) is 0 Å². The Kier molecular flexibility index (Phi) is 4.70. The summed E-state index contributed by atoms with van der Waals surface area (Å²) in [6, 6.07) is 0.405. The zero-order chi connectivity index (χ0) is 13.4. The number of nitrogens with one attached hydrogen (secondary N) is 1. The Morgan fingerprint density at radius 3 is 2.85 bits per heavy atom. The van der Waals surface area contributed by atoms with Gasteiger partial charge >= 0.3 is 0 Å². The number of hydrogen-bond acceptors (Lipinski definition) is 3. The van der Waals surface area contributed by atoms with Crippen LogP contribution in [0.1, 0.15) is 31.2 Å². The Labute approximate surface area is 126 Å². The molecule has 0 aromatic carbocycles. The number of aromatic nitrogens is 2. The predicted molar refractivity (Wildman–Crippen MR) is 80.0 cm³/mol. The van der Waals surface area contributed by atoms with Crippen molar-refractivity contribution in [2.24, 2.45) is 13.0 Å². The van der Waals surface area contributed by atoms with E-state index in [4.69, 9.17) is 0 Å². The highest BCUT2D eigenvalue weighted by molar-refractivity contribution is 5.85. The first-order valence-corrected chi connectivity index (χ1v) is 7.16. The van der Waals surface area contributed by atoms with Crippen molar-refractivity contribution in [2.75, 3.05) is 19.6 Å². The third kappa shape index (κ3) is 2.69. The van der Waals surface area contributed by atoms with E-state index < -0.39 is 0 Å². The molecule has 2 aliphatic rings. The van der Waals surface area contributed by atoms with E-state index in [1.165, 1.54) is 5.56 Å². The van der Waals surface area contributed by atoms with Crippen LogP contribution in [0.5, 0.6) is 0 Å². The highest BCUT2D eigenvalue weighted by Crippen LogP contribution is 2.31. The van der Waals surface area contributed by atoms with Gasteiger partial charge in [-0.2, -0.15) is 5.10 Å². The lowest BCUT2D eigenvalue weighted by atomic mass is 9.89. The normalized spacial score (nSPS) is 29.5. The van der Waals surface area contributed by atoms with E-state index in [0.717, 1.165) is 32.5 Å².